The summed E-state index contributed by atoms with van der Waals surface area (Å²) < 4.78 is 42.4. The fourth-order valence-electron chi connectivity index (χ4n) is 3.34. The minimum absolute atomic E-state index is 0.0301. The number of amides is 1. The number of anilines is 2. The van der Waals surface area contributed by atoms with E-state index in [0.717, 1.165) is 17.0 Å². The number of pyridine rings is 1. The van der Waals surface area contributed by atoms with Crippen LogP contribution in [0.15, 0.2) is 42.6 Å². The van der Waals surface area contributed by atoms with Crippen molar-refractivity contribution in [3.63, 3.8) is 0 Å². The summed E-state index contributed by atoms with van der Waals surface area (Å²) in [5.41, 5.74) is 2.85. The number of aromatic nitrogens is 3. The van der Waals surface area contributed by atoms with Gasteiger partial charge in [0.1, 0.15) is 0 Å². The second-order valence-corrected chi connectivity index (χ2v) is 7.60. The Labute approximate surface area is 188 Å². The number of rotatable bonds is 8. The van der Waals surface area contributed by atoms with Crippen LogP contribution in [0.4, 0.5) is 20.3 Å². The van der Waals surface area contributed by atoms with Crippen LogP contribution >= 0.6 is 0 Å². The highest BCUT2D eigenvalue weighted by Gasteiger charge is 2.43. The predicted molar refractivity (Wildman–Crippen MR) is 115 cm³/mol. The number of carbonyl (C=O) groups is 1. The molecule has 0 unspecified atom stereocenters. The molecule has 0 radical (unpaired) electrons. The number of ether oxygens (including phenoxy) is 3. The Balaban J connectivity index is 1.62. The second-order valence-electron chi connectivity index (χ2n) is 7.60. The first kappa shape index (κ1) is 22.5. The number of carbonyl (C=O) groups excluding carboxylic acids is 1. The van der Waals surface area contributed by atoms with Crippen LogP contribution in [0.3, 0.4) is 0 Å². The lowest BCUT2D eigenvalue weighted by Crippen LogP contribution is -2.25. The third-order valence-electron chi connectivity index (χ3n) is 4.89. The number of fused-ring (bicyclic) bond motifs is 1. The largest absolute Gasteiger partial charge is 0.586 e. The molecule has 1 aliphatic rings. The molecule has 0 spiro atoms. The number of nitrogens with zero attached hydrogens (tertiary/aromatic N) is 4. The molecule has 1 aliphatic heterocycles. The zero-order valence-electron chi connectivity index (χ0n) is 18.3. The maximum Gasteiger partial charge on any atom is 0.586 e. The molecule has 1 amide bonds. The van der Waals surface area contributed by atoms with Crippen molar-refractivity contribution in [2.24, 2.45) is 0 Å². The molecule has 1 aromatic carbocycles. The van der Waals surface area contributed by atoms with Crippen LogP contribution in [-0.4, -0.2) is 53.1 Å². The van der Waals surface area contributed by atoms with Gasteiger partial charge in [0, 0.05) is 57.2 Å². The van der Waals surface area contributed by atoms with Crippen molar-refractivity contribution in [3.05, 3.63) is 48.3 Å². The first-order valence-corrected chi connectivity index (χ1v) is 10.1. The maximum atomic E-state index is 13.3. The van der Waals surface area contributed by atoms with Gasteiger partial charge in [-0.15, -0.1) is 8.78 Å². The van der Waals surface area contributed by atoms with Gasteiger partial charge in [-0.3, -0.25) is 14.5 Å². The molecule has 4 rings (SSSR count). The molecule has 0 atom stereocenters. The van der Waals surface area contributed by atoms with Crippen LogP contribution in [0.1, 0.15) is 12.1 Å². The lowest BCUT2D eigenvalue weighted by molar-refractivity contribution is -0.286. The monoisotopic (exact) mass is 459 g/mol. The average molecular weight is 459 g/mol. The molecular weight excluding hydrogens is 436 g/mol. The molecule has 3 heterocycles. The lowest BCUT2D eigenvalue weighted by atomic mass is 10.1. The van der Waals surface area contributed by atoms with Gasteiger partial charge in [-0.05, 0) is 24.3 Å². The highest BCUT2D eigenvalue weighted by atomic mass is 19.3. The Hall–Kier alpha value is -3.73. The Morgan fingerprint density at radius 1 is 1.18 bits per heavy atom. The first-order valence-electron chi connectivity index (χ1n) is 10.1. The number of alkyl halides is 2. The minimum Gasteiger partial charge on any atom is -0.395 e. The molecule has 174 valence electrons. The van der Waals surface area contributed by atoms with Crippen LogP contribution in [0.2, 0.25) is 0 Å². The Morgan fingerprint density at radius 2 is 1.97 bits per heavy atom. The van der Waals surface area contributed by atoms with Gasteiger partial charge in [-0.1, -0.05) is 0 Å². The molecule has 0 saturated heterocycles. The lowest BCUT2D eigenvalue weighted by Gasteiger charge is -2.12. The minimum atomic E-state index is -3.68. The molecule has 33 heavy (non-hydrogen) atoms. The van der Waals surface area contributed by atoms with Crippen molar-refractivity contribution in [2.75, 3.05) is 26.5 Å². The number of halogens is 2. The van der Waals surface area contributed by atoms with Crippen molar-refractivity contribution in [3.8, 4) is 22.8 Å². The Kier molecular flexibility index (Phi) is 6.14. The van der Waals surface area contributed by atoms with Crippen molar-refractivity contribution >= 4 is 17.4 Å². The smallest absolute Gasteiger partial charge is 0.395 e. The summed E-state index contributed by atoms with van der Waals surface area (Å²) in [6, 6.07) is 9.93. The van der Waals surface area contributed by atoms with Gasteiger partial charge < -0.3 is 24.4 Å². The third-order valence-corrected chi connectivity index (χ3v) is 4.89. The van der Waals surface area contributed by atoms with E-state index in [4.69, 9.17) is 4.74 Å². The van der Waals surface area contributed by atoms with E-state index in [2.05, 4.69) is 24.9 Å². The predicted octanol–water partition coefficient (Wildman–Crippen LogP) is 3.63. The zero-order chi connectivity index (χ0) is 23.6. The van der Waals surface area contributed by atoms with Crippen LogP contribution in [0.5, 0.6) is 11.5 Å². The molecule has 0 bridgehead atoms. The van der Waals surface area contributed by atoms with E-state index in [1.807, 2.05) is 18.2 Å². The molecule has 2 aromatic heterocycles. The van der Waals surface area contributed by atoms with Crippen LogP contribution < -0.4 is 14.8 Å². The van der Waals surface area contributed by atoms with E-state index >= 15 is 0 Å². The highest BCUT2D eigenvalue weighted by Crippen LogP contribution is 2.42. The normalized spacial score (nSPS) is 13.7. The van der Waals surface area contributed by atoms with Gasteiger partial charge in [0.05, 0.1) is 24.5 Å². The van der Waals surface area contributed by atoms with Crippen LogP contribution in [0, 0.1) is 0 Å². The van der Waals surface area contributed by atoms with E-state index < -0.39 is 6.29 Å². The number of methoxy groups -OCH3 is 1. The second kappa shape index (κ2) is 9.02. The fraction of sp³-hybridized carbons (Fsp3) is 0.318. The highest BCUT2D eigenvalue weighted by molar-refractivity contribution is 5.75. The summed E-state index contributed by atoms with van der Waals surface area (Å²) in [4.78, 5) is 17.9. The van der Waals surface area contributed by atoms with Crippen molar-refractivity contribution in [1.82, 2.24) is 19.7 Å². The molecule has 1 N–H and O–H groups in total. The summed E-state index contributed by atoms with van der Waals surface area (Å²) in [5.74, 6) is 0.330. The first-order chi connectivity index (χ1) is 15.7. The number of benzene rings is 1. The van der Waals surface area contributed by atoms with Gasteiger partial charge in [0.15, 0.2) is 17.3 Å². The topological polar surface area (TPSA) is 90.7 Å². The van der Waals surface area contributed by atoms with E-state index in [0.29, 0.717) is 24.7 Å². The summed E-state index contributed by atoms with van der Waals surface area (Å²) in [6.45, 7) is 0.706. The van der Waals surface area contributed by atoms with Crippen molar-refractivity contribution < 1.29 is 27.8 Å². The SMILES string of the molecule is COCc1cc(-c2cc(Nc3ccc4c(c3)OC(F)(F)O4)nn2CCC(=O)N(C)C)ccn1. The number of hydrogen-bond acceptors (Lipinski definition) is 7. The van der Waals surface area contributed by atoms with Crippen molar-refractivity contribution in [2.45, 2.75) is 25.9 Å². The standard InChI is InChI=1S/C22H23F2N5O4/c1-28(2)21(30)7-9-29-17(14-6-8-25-16(10-14)13-31-3)12-20(27-29)26-15-4-5-18-19(11-15)33-22(23,24)32-18/h4-6,8,10-12H,7,9,13H2,1-3H3,(H,26,27). The summed E-state index contributed by atoms with van der Waals surface area (Å²) in [7, 11) is 4.99. The van der Waals surface area contributed by atoms with E-state index in [1.165, 1.54) is 17.0 Å². The molecule has 0 fully saturated rings. The van der Waals surface area contributed by atoms with E-state index in [9.17, 15) is 13.6 Å². The summed E-state index contributed by atoms with van der Waals surface area (Å²) in [6.07, 6.45) is -1.75. The van der Waals surface area contributed by atoms with Gasteiger partial charge in [0.25, 0.3) is 0 Å². The Morgan fingerprint density at radius 3 is 2.73 bits per heavy atom. The fourth-order valence-corrected chi connectivity index (χ4v) is 3.34. The summed E-state index contributed by atoms with van der Waals surface area (Å²) in [5, 5.41) is 7.67. The number of aryl methyl sites for hydroxylation is 1. The quantitative estimate of drug-likeness (QED) is 0.550. The van der Waals surface area contributed by atoms with E-state index in [-0.39, 0.29) is 23.8 Å². The number of nitrogens with one attached hydrogen (secondary N) is 1. The van der Waals surface area contributed by atoms with Crippen LogP contribution in [0.25, 0.3) is 11.3 Å². The van der Waals surface area contributed by atoms with Crippen LogP contribution in [-0.2, 0) is 22.7 Å². The molecule has 0 saturated carbocycles. The maximum absolute atomic E-state index is 13.3. The molecular formula is C22H23F2N5O4. The van der Waals surface area contributed by atoms with Gasteiger partial charge >= 0.3 is 6.29 Å². The number of hydrogen-bond donors (Lipinski definition) is 1. The van der Waals surface area contributed by atoms with Crippen molar-refractivity contribution in [1.29, 1.82) is 0 Å². The Bertz CT molecular complexity index is 1170. The molecule has 3 aromatic rings. The summed E-state index contributed by atoms with van der Waals surface area (Å²) >= 11 is 0. The molecule has 11 heteroatoms. The van der Waals surface area contributed by atoms with Gasteiger partial charge in [-0.2, -0.15) is 5.10 Å². The molecule has 0 aliphatic carbocycles. The third kappa shape index (κ3) is 5.20. The van der Waals surface area contributed by atoms with E-state index in [1.54, 1.807) is 38.2 Å². The average Bonchev–Trinajstić information content (AvgIpc) is 3.30. The molecule has 9 nitrogen and oxygen atoms in total. The van der Waals surface area contributed by atoms with Gasteiger partial charge in [0.2, 0.25) is 5.91 Å². The van der Waals surface area contributed by atoms with Gasteiger partial charge in [-0.25, -0.2) is 0 Å². The zero-order valence-corrected chi connectivity index (χ0v) is 18.3.